The number of ether oxygens (including phenoxy) is 1. The molecule has 1 fully saturated rings. The van der Waals surface area contributed by atoms with Crippen molar-refractivity contribution >= 4 is 0 Å². The Labute approximate surface area is 78.2 Å². The third-order valence-electron chi connectivity index (χ3n) is 2.40. The number of aliphatic hydroxyl groups is 1. The Morgan fingerprint density at radius 1 is 1.31 bits per heavy atom. The maximum absolute atomic E-state index is 8.79. The van der Waals surface area contributed by atoms with Crippen molar-refractivity contribution in [3.8, 4) is 0 Å². The molecule has 0 amide bonds. The van der Waals surface area contributed by atoms with Gasteiger partial charge in [0.15, 0.2) is 0 Å². The average molecular weight is 178 g/mol. The van der Waals surface area contributed by atoms with Crippen molar-refractivity contribution in [1.82, 2.24) is 0 Å². The lowest BCUT2D eigenvalue weighted by atomic mass is 10.2. The molecule has 1 N–H and O–H groups in total. The van der Waals surface area contributed by atoms with Crippen LogP contribution in [0.1, 0.15) is 12.0 Å². The van der Waals surface area contributed by atoms with Gasteiger partial charge < -0.3 is 9.84 Å². The third kappa shape index (κ3) is 2.29. The first-order chi connectivity index (χ1) is 6.40. The van der Waals surface area contributed by atoms with Crippen molar-refractivity contribution in [1.29, 1.82) is 0 Å². The van der Waals surface area contributed by atoms with Gasteiger partial charge in [0, 0.05) is 12.5 Å². The Morgan fingerprint density at radius 2 is 2.08 bits per heavy atom. The van der Waals surface area contributed by atoms with Crippen LogP contribution in [0, 0.1) is 5.92 Å². The third-order valence-corrected chi connectivity index (χ3v) is 2.40. The molecule has 2 unspecified atom stereocenters. The summed E-state index contributed by atoms with van der Waals surface area (Å²) in [6, 6.07) is 10.1. The van der Waals surface area contributed by atoms with E-state index in [-0.39, 0.29) is 6.61 Å². The summed E-state index contributed by atoms with van der Waals surface area (Å²) in [6.45, 7) is 0.932. The number of benzene rings is 1. The first kappa shape index (κ1) is 8.73. The molecule has 2 heteroatoms. The fraction of sp³-hybridized carbons (Fsp3) is 0.455. The second-order valence-electron chi connectivity index (χ2n) is 3.51. The molecule has 0 saturated heterocycles. The molecule has 0 heterocycles. The number of hydrogen-bond acceptors (Lipinski definition) is 2. The normalized spacial score (nSPS) is 25.9. The van der Waals surface area contributed by atoms with Gasteiger partial charge in [-0.25, -0.2) is 0 Å². The predicted octanol–water partition coefficient (Wildman–Crippen LogP) is 1.58. The minimum atomic E-state index is 0.263. The summed E-state index contributed by atoms with van der Waals surface area (Å²) < 4.78 is 5.58. The Kier molecular flexibility index (Phi) is 2.62. The maximum Gasteiger partial charge on any atom is 0.0720 e. The van der Waals surface area contributed by atoms with E-state index in [0.29, 0.717) is 18.6 Å². The van der Waals surface area contributed by atoms with Crippen molar-refractivity contribution < 1.29 is 9.84 Å². The molecule has 0 bridgehead atoms. The first-order valence-electron chi connectivity index (χ1n) is 4.66. The van der Waals surface area contributed by atoms with Crippen LogP contribution in [0.3, 0.4) is 0 Å². The van der Waals surface area contributed by atoms with E-state index in [2.05, 4.69) is 12.1 Å². The second kappa shape index (κ2) is 3.90. The van der Waals surface area contributed by atoms with Crippen LogP contribution in [-0.4, -0.2) is 17.8 Å². The maximum atomic E-state index is 8.79. The minimum Gasteiger partial charge on any atom is -0.396 e. The second-order valence-corrected chi connectivity index (χ2v) is 3.51. The molecule has 1 aliphatic carbocycles. The topological polar surface area (TPSA) is 29.5 Å². The first-order valence-corrected chi connectivity index (χ1v) is 4.66. The van der Waals surface area contributed by atoms with Crippen LogP contribution in [0.4, 0.5) is 0 Å². The van der Waals surface area contributed by atoms with Crippen molar-refractivity contribution in [3.05, 3.63) is 35.9 Å². The van der Waals surface area contributed by atoms with Crippen molar-refractivity contribution in [2.45, 2.75) is 19.1 Å². The summed E-state index contributed by atoms with van der Waals surface area (Å²) >= 11 is 0. The Balaban J connectivity index is 1.75. The summed E-state index contributed by atoms with van der Waals surface area (Å²) in [5.74, 6) is 0.392. The molecule has 70 valence electrons. The highest BCUT2D eigenvalue weighted by Gasteiger charge is 2.37. The van der Waals surface area contributed by atoms with Crippen molar-refractivity contribution in [2.24, 2.45) is 5.92 Å². The van der Waals surface area contributed by atoms with Crippen molar-refractivity contribution in [3.63, 3.8) is 0 Å². The number of hydrogen-bond donors (Lipinski definition) is 1. The average Bonchev–Trinajstić information content (AvgIpc) is 2.95. The van der Waals surface area contributed by atoms with E-state index in [9.17, 15) is 0 Å². The van der Waals surface area contributed by atoms with Crippen LogP contribution >= 0.6 is 0 Å². The monoisotopic (exact) mass is 178 g/mol. The lowest BCUT2D eigenvalue weighted by Gasteiger charge is -2.02. The van der Waals surface area contributed by atoms with E-state index in [0.717, 1.165) is 6.42 Å². The lowest BCUT2D eigenvalue weighted by Crippen LogP contribution is -1.99. The van der Waals surface area contributed by atoms with Crippen molar-refractivity contribution in [2.75, 3.05) is 6.61 Å². The molecule has 0 aliphatic heterocycles. The lowest BCUT2D eigenvalue weighted by molar-refractivity contribution is 0.0862. The van der Waals surface area contributed by atoms with Gasteiger partial charge >= 0.3 is 0 Å². The van der Waals surface area contributed by atoms with Crippen LogP contribution < -0.4 is 0 Å². The number of aliphatic hydroxyl groups excluding tert-OH is 1. The van der Waals surface area contributed by atoms with E-state index >= 15 is 0 Å². The minimum absolute atomic E-state index is 0.263. The van der Waals surface area contributed by atoms with Gasteiger partial charge in [-0.2, -0.15) is 0 Å². The van der Waals surface area contributed by atoms with Gasteiger partial charge in [0.05, 0.1) is 12.7 Å². The fourth-order valence-electron chi connectivity index (χ4n) is 1.39. The van der Waals surface area contributed by atoms with Crippen LogP contribution in [-0.2, 0) is 11.3 Å². The predicted molar refractivity (Wildman–Crippen MR) is 50.2 cm³/mol. The van der Waals surface area contributed by atoms with E-state index in [1.807, 2.05) is 18.2 Å². The summed E-state index contributed by atoms with van der Waals surface area (Å²) in [5.41, 5.74) is 1.20. The highest BCUT2D eigenvalue weighted by molar-refractivity contribution is 5.13. The molecule has 1 aromatic carbocycles. The summed E-state index contributed by atoms with van der Waals surface area (Å²) in [6.07, 6.45) is 1.31. The Morgan fingerprint density at radius 3 is 2.69 bits per heavy atom. The summed E-state index contributed by atoms with van der Waals surface area (Å²) in [4.78, 5) is 0. The van der Waals surface area contributed by atoms with Gasteiger partial charge in [-0.3, -0.25) is 0 Å². The van der Waals surface area contributed by atoms with Gasteiger partial charge in [0.2, 0.25) is 0 Å². The van der Waals surface area contributed by atoms with E-state index in [4.69, 9.17) is 9.84 Å². The number of rotatable bonds is 4. The molecular weight excluding hydrogens is 164 g/mol. The molecule has 0 spiro atoms. The molecule has 2 nitrogen and oxygen atoms in total. The van der Waals surface area contributed by atoms with Gasteiger partial charge in [0.1, 0.15) is 0 Å². The summed E-state index contributed by atoms with van der Waals surface area (Å²) in [7, 11) is 0. The molecule has 1 aliphatic rings. The fourth-order valence-corrected chi connectivity index (χ4v) is 1.39. The van der Waals surface area contributed by atoms with Crippen LogP contribution in [0.2, 0.25) is 0 Å². The van der Waals surface area contributed by atoms with Gasteiger partial charge in [-0.05, 0) is 12.0 Å². The van der Waals surface area contributed by atoms with Crippen LogP contribution in [0.25, 0.3) is 0 Å². The van der Waals surface area contributed by atoms with Gasteiger partial charge in [-0.1, -0.05) is 30.3 Å². The molecule has 1 saturated carbocycles. The Hall–Kier alpha value is -0.860. The largest absolute Gasteiger partial charge is 0.396 e. The molecule has 13 heavy (non-hydrogen) atoms. The SMILES string of the molecule is OCC1CC1OCc1ccccc1. The smallest absolute Gasteiger partial charge is 0.0720 e. The summed E-state index contributed by atoms with van der Waals surface area (Å²) in [5, 5.41) is 8.79. The van der Waals surface area contributed by atoms with Gasteiger partial charge in [-0.15, -0.1) is 0 Å². The van der Waals surface area contributed by atoms with E-state index in [1.54, 1.807) is 0 Å². The molecule has 2 atom stereocenters. The quantitative estimate of drug-likeness (QED) is 0.758. The highest BCUT2D eigenvalue weighted by Crippen LogP contribution is 2.33. The molecule has 0 radical (unpaired) electrons. The molecular formula is C11H14O2. The Bertz CT molecular complexity index is 258. The zero-order chi connectivity index (χ0) is 9.10. The van der Waals surface area contributed by atoms with E-state index < -0.39 is 0 Å². The zero-order valence-electron chi connectivity index (χ0n) is 7.52. The standard InChI is InChI=1S/C11H14O2/c12-7-10-6-11(10)13-8-9-4-2-1-3-5-9/h1-5,10-12H,6-8H2. The van der Waals surface area contributed by atoms with Crippen LogP contribution in [0.5, 0.6) is 0 Å². The molecule has 2 rings (SSSR count). The van der Waals surface area contributed by atoms with E-state index in [1.165, 1.54) is 5.56 Å². The molecule has 0 aromatic heterocycles. The molecule has 1 aromatic rings. The highest BCUT2D eigenvalue weighted by atomic mass is 16.5. The van der Waals surface area contributed by atoms with Gasteiger partial charge in [0.25, 0.3) is 0 Å². The zero-order valence-corrected chi connectivity index (χ0v) is 7.52. The van der Waals surface area contributed by atoms with Crippen LogP contribution in [0.15, 0.2) is 30.3 Å².